The van der Waals surface area contributed by atoms with E-state index in [-0.39, 0.29) is 40.1 Å². The van der Waals surface area contributed by atoms with Gasteiger partial charge >= 0.3 is 0 Å². The Labute approximate surface area is 260 Å². The van der Waals surface area contributed by atoms with Gasteiger partial charge in [0.2, 0.25) is 6.29 Å². The molecule has 2 heterocycles. The maximum atomic E-state index is 11.9. The Kier molecular flexibility index (Phi) is 7.28. The van der Waals surface area contributed by atoms with E-state index in [1.807, 2.05) is 0 Å². The zero-order valence-electron chi connectivity index (χ0n) is 23.9. The van der Waals surface area contributed by atoms with Crippen LogP contribution >= 0.6 is 0 Å². The number of ether oxygens (including phenoxy) is 2. The minimum absolute atomic E-state index is 0.0127. The molecule has 2 aliphatic rings. The van der Waals surface area contributed by atoms with Crippen molar-refractivity contribution >= 4 is 11.0 Å². The number of benzene rings is 4. The van der Waals surface area contributed by atoms with Crippen molar-refractivity contribution in [3.8, 4) is 51.2 Å². The van der Waals surface area contributed by atoms with Crippen LogP contribution in [0.15, 0.2) is 77.2 Å². The highest BCUT2D eigenvalue weighted by molar-refractivity contribution is 6.06. The second-order valence-electron chi connectivity index (χ2n) is 11.5. The number of phenolic OH excluding ortho intramolecular Hbond substituents is 4. The number of fused-ring (bicyclic) bond motifs is 2. The minimum Gasteiger partial charge on any atom is -0.508 e. The zero-order chi connectivity index (χ0) is 32.4. The van der Waals surface area contributed by atoms with E-state index in [9.17, 15) is 46.0 Å². The number of aromatic hydroxyl groups is 4. The van der Waals surface area contributed by atoms with Crippen LogP contribution in [0.3, 0.4) is 0 Å². The molecule has 1 aliphatic heterocycles. The summed E-state index contributed by atoms with van der Waals surface area (Å²) in [5.74, 6) is -1.06. The van der Waals surface area contributed by atoms with E-state index in [1.165, 1.54) is 36.4 Å². The molecule has 7 rings (SSSR count). The highest BCUT2D eigenvalue weighted by atomic mass is 16.7. The molecule has 5 aromatic rings. The number of hydrogen-bond donors (Lipinski definition) is 9. The average molecular weight is 631 g/mol. The van der Waals surface area contributed by atoms with Gasteiger partial charge in [0.15, 0.2) is 0 Å². The number of aliphatic hydroxyl groups is 5. The van der Waals surface area contributed by atoms with Crippen LogP contribution in [0.2, 0.25) is 0 Å². The molecular formula is C34H30O12. The molecule has 0 unspecified atom stereocenters. The number of hydrogen-bond acceptors (Lipinski definition) is 12. The Morgan fingerprint density at radius 3 is 2.11 bits per heavy atom. The fraction of sp³-hybridized carbons (Fsp3) is 0.235. The first-order valence-electron chi connectivity index (χ1n) is 14.5. The van der Waals surface area contributed by atoms with Gasteiger partial charge in [-0.1, -0.05) is 12.1 Å². The number of furan rings is 1. The summed E-state index contributed by atoms with van der Waals surface area (Å²) in [6, 6.07) is 18.0. The van der Waals surface area contributed by atoms with Crippen molar-refractivity contribution in [3.05, 3.63) is 89.5 Å². The van der Waals surface area contributed by atoms with Crippen LogP contribution in [0.25, 0.3) is 33.4 Å². The Morgan fingerprint density at radius 2 is 1.41 bits per heavy atom. The molecule has 4 aromatic carbocycles. The summed E-state index contributed by atoms with van der Waals surface area (Å²) in [6.07, 6.45) is -8.57. The standard InChI is InChI=1S/C34H30O12/c35-13-24-30(41)31(42)32(43)34(46-24)44-19-7-3-15(4-8-19)33-28-20-9-17(37)11-22(39)26(20)25(14-1-5-16(36)6-2-14)29(40)21-10-18(38)12-23(45-33)27(21)28/h1-12,24-25,29-32,34-43H,13H2/t24-,25-,29-,30-,31+,32-,34-/m1/s1. The van der Waals surface area contributed by atoms with Crippen LogP contribution < -0.4 is 4.74 Å². The summed E-state index contributed by atoms with van der Waals surface area (Å²) in [7, 11) is 0. The van der Waals surface area contributed by atoms with E-state index in [0.29, 0.717) is 38.8 Å². The van der Waals surface area contributed by atoms with Gasteiger partial charge < -0.3 is 59.8 Å². The predicted molar refractivity (Wildman–Crippen MR) is 161 cm³/mol. The lowest BCUT2D eigenvalue weighted by atomic mass is 9.82. The van der Waals surface area contributed by atoms with E-state index in [1.54, 1.807) is 36.4 Å². The van der Waals surface area contributed by atoms with Crippen molar-refractivity contribution in [3.63, 3.8) is 0 Å². The van der Waals surface area contributed by atoms with Crippen LogP contribution in [0.5, 0.6) is 28.7 Å². The SMILES string of the molecule is OC[C@H]1O[C@@H](Oc2ccc(-c3oc4cc(O)cc5c4c3-c3cc(O)cc(O)c3[C@@H](c3ccc(O)cc3)[C@@H]5O)cc2)[C@H](O)[C@@H](O)[C@@H]1O. The summed E-state index contributed by atoms with van der Waals surface area (Å²) in [5.41, 5.74) is 2.71. The van der Waals surface area contributed by atoms with Gasteiger partial charge in [-0.15, -0.1) is 0 Å². The summed E-state index contributed by atoms with van der Waals surface area (Å²) in [4.78, 5) is 0. The largest absolute Gasteiger partial charge is 0.508 e. The van der Waals surface area contributed by atoms with Gasteiger partial charge in [0.05, 0.1) is 12.7 Å². The van der Waals surface area contributed by atoms with Crippen LogP contribution in [-0.2, 0) is 4.74 Å². The smallest absolute Gasteiger partial charge is 0.229 e. The molecular weight excluding hydrogens is 600 g/mol. The Morgan fingerprint density at radius 1 is 0.717 bits per heavy atom. The van der Waals surface area contributed by atoms with E-state index >= 15 is 0 Å². The first kappa shape index (κ1) is 29.9. The number of phenols is 4. The zero-order valence-corrected chi connectivity index (χ0v) is 23.9. The molecule has 0 bridgehead atoms. The monoisotopic (exact) mass is 630 g/mol. The molecule has 46 heavy (non-hydrogen) atoms. The summed E-state index contributed by atoms with van der Waals surface area (Å²) >= 11 is 0. The molecule has 1 aromatic heterocycles. The average Bonchev–Trinajstić information content (AvgIpc) is 3.37. The third-order valence-corrected chi connectivity index (χ3v) is 8.63. The summed E-state index contributed by atoms with van der Waals surface area (Å²) in [5, 5.41) is 94.8. The Bertz CT molecular complexity index is 1910. The molecule has 9 N–H and O–H groups in total. The predicted octanol–water partition coefficient (Wildman–Crippen LogP) is 2.95. The minimum atomic E-state index is -1.61. The topological polar surface area (TPSA) is 214 Å². The lowest BCUT2D eigenvalue weighted by molar-refractivity contribution is -0.277. The molecule has 12 nitrogen and oxygen atoms in total. The number of rotatable bonds is 5. The van der Waals surface area contributed by atoms with E-state index < -0.39 is 49.3 Å². The fourth-order valence-corrected chi connectivity index (χ4v) is 6.45. The normalized spacial score (nSPS) is 25.6. The molecule has 0 radical (unpaired) electrons. The maximum Gasteiger partial charge on any atom is 0.229 e. The van der Waals surface area contributed by atoms with E-state index in [0.717, 1.165) is 0 Å². The summed E-state index contributed by atoms with van der Waals surface area (Å²) in [6.45, 7) is -0.606. The van der Waals surface area contributed by atoms with Gasteiger partial charge in [0.1, 0.15) is 64.5 Å². The second-order valence-corrected chi connectivity index (χ2v) is 11.5. The van der Waals surface area contributed by atoms with Crippen molar-refractivity contribution in [2.45, 2.75) is 42.7 Å². The van der Waals surface area contributed by atoms with Gasteiger partial charge in [-0.25, -0.2) is 0 Å². The van der Waals surface area contributed by atoms with E-state index in [4.69, 9.17) is 13.9 Å². The maximum absolute atomic E-state index is 11.9. The quantitative estimate of drug-likeness (QED) is 0.137. The summed E-state index contributed by atoms with van der Waals surface area (Å²) < 4.78 is 17.4. The molecule has 7 atom stereocenters. The lowest BCUT2D eigenvalue weighted by Crippen LogP contribution is -2.60. The Balaban J connectivity index is 1.36. The third kappa shape index (κ3) is 4.79. The van der Waals surface area contributed by atoms with Gasteiger partial charge in [-0.2, -0.15) is 0 Å². The van der Waals surface area contributed by atoms with Gasteiger partial charge in [0.25, 0.3) is 0 Å². The van der Waals surface area contributed by atoms with Crippen LogP contribution in [0.4, 0.5) is 0 Å². The highest BCUT2D eigenvalue weighted by Crippen LogP contribution is 2.56. The molecule has 1 aliphatic carbocycles. The first-order chi connectivity index (χ1) is 22.0. The molecule has 1 saturated heterocycles. The van der Waals surface area contributed by atoms with Crippen LogP contribution in [-0.4, -0.2) is 83.3 Å². The van der Waals surface area contributed by atoms with Crippen molar-refractivity contribution < 1.29 is 59.8 Å². The van der Waals surface area contributed by atoms with Crippen LogP contribution in [0, 0.1) is 0 Å². The van der Waals surface area contributed by atoms with Crippen molar-refractivity contribution in [2.24, 2.45) is 0 Å². The first-order valence-corrected chi connectivity index (χ1v) is 14.5. The van der Waals surface area contributed by atoms with Crippen LogP contribution in [0.1, 0.15) is 28.7 Å². The van der Waals surface area contributed by atoms with Gasteiger partial charge in [-0.05, 0) is 65.2 Å². The van der Waals surface area contributed by atoms with Crippen molar-refractivity contribution in [2.75, 3.05) is 6.61 Å². The van der Waals surface area contributed by atoms with Gasteiger partial charge in [-0.3, -0.25) is 0 Å². The van der Waals surface area contributed by atoms with E-state index in [2.05, 4.69) is 0 Å². The molecule has 12 heteroatoms. The molecule has 0 spiro atoms. The van der Waals surface area contributed by atoms with Crippen molar-refractivity contribution in [1.82, 2.24) is 0 Å². The molecule has 0 saturated carbocycles. The molecule has 0 amide bonds. The lowest BCUT2D eigenvalue weighted by Gasteiger charge is -2.39. The van der Waals surface area contributed by atoms with Gasteiger partial charge in [0, 0.05) is 40.1 Å². The van der Waals surface area contributed by atoms with Crippen molar-refractivity contribution in [1.29, 1.82) is 0 Å². The highest BCUT2D eigenvalue weighted by Gasteiger charge is 2.45. The molecule has 238 valence electrons. The number of aliphatic hydroxyl groups excluding tert-OH is 5. The second kappa shape index (κ2) is 11.2. The third-order valence-electron chi connectivity index (χ3n) is 8.63. The molecule has 1 fully saturated rings. The Hall–Kier alpha value is -4.82. The fourth-order valence-electron chi connectivity index (χ4n) is 6.45.